The molecule has 0 spiro atoms. The Morgan fingerprint density at radius 3 is 2.47 bits per heavy atom. The van der Waals surface area contributed by atoms with E-state index in [9.17, 15) is 4.79 Å². The minimum Gasteiger partial charge on any atom is -0.357 e. The van der Waals surface area contributed by atoms with Crippen LogP contribution in [0.5, 0.6) is 0 Å². The van der Waals surface area contributed by atoms with Gasteiger partial charge >= 0.3 is 0 Å². The van der Waals surface area contributed by atoms with Crippen LogP contribution < -0.4 is 5.43 Å². The van der Waals surface area contributed by atoms with Crippen molar-refractivity contribution in [1.29, 1.82) is 0 Å². The van der Waals surface area contributed by atoms with Crippen LogP contribution in [0.25, 0.3) is 10.9 Å². The van der Waals surface area contributed by atoms with Gasteiger partial charge in [-0.2, -0.15) is 0 Å². The van der Waals surface area contributed by atoms with Crippen LogP contribution in [-0.2, 0) is 5.41 Å². The number of H-pyrrole nitrogens is 1. The van der Waals surface area contributed by atoms with Gasteiger partial charge in [-0.3, -0.25) is 4.79 Å². The molecule has 0 unspecified atom stereocenters. The highest BCUT2D eigenvalue weighted by Crippen LogP contribution is 2.24. The van der Waals surface area contributed by atoms with Gasteiger partial charge in [0.15, 0.2) is 5.43 Å². The molecule has 1 aromatic carbocycles. The molecule has 0 aliphatic rings. The number of pyridine rings is 1. The minimum absolute atomic E-state index is 0.0406. The molecule has 0 radical (unpaired) electrons. The van der Waals surface area contributed by atoms with E-state index in [-0.39, 0.29) is 10.8 Å². The fraction of sp³-hybridized carbons (Fsp3) is 0.357. The summed E-state index contributed by atoms with van der Waals surface area (Å²) in [5.41, 5.74) is 3.16. The van der Waals surface area contributed by atoms with Crippen LogP contribution in [0.2, 0.25) is 0 Å². The molecule has 0 amide bonds. The van der Waals surface area contributed by atoms with E-state index in [2.05, 4.69) is 48.3 Å². The highest BCUT2D eigenvalue weighted by molar-refractivity contribution is 14.1. The van der Waals surface area contributed by atoms with Gasteiger partial charge in [-0.25, -0.2) is 0 Å². The lowest BCUT2D eigenvalue weighted by atomic mass is 9.91. The Labute approximate surface area is 115 Å². The molecule has 0 fully saturated rings. The van der Waals surface area contributed by atoms with Gasteiger partial charge in [0, 0.05) is 26.1 Å². The zero-order valence-corrected chi connectivity index (χ0v) is 12.7. The maximum atomic E-state index is 12.1. The first-order valence-electron chi connectivity index (χ1n) is 5.63. The van der Waals surface area contributed by atoms with Crippen LogP contribution >= 0.6 is 22.6 Å². The van der Waals surface area contributed by atoms with Crippen LogP contribution in [0.15, 0.2) is 23.0 Å². The van der Waals surface area contributed by atoms with E-state index in [0.29, 0.717) is 0 Å². The van der Waals surface area contributed by atoms with Crippen molar-refractivity contribution in [3.8, 4) is 0 Å². The number of aromatic amines is 1. The van der Waals surface area contributed by atoms with E-state index in [1.165, 1.54) is 3.57 Å². The maximum absolute atomic E-state index is 12.1. The van der Waals surface area contributed by atoms with Crippen molar-refractivity contribution >= 4 is 33.5 Å². The van der Waals surface area contributed by atoms with E-state index >= 15 is 0 Å². The zero-order chi connectivity index (χ0) is 12.8. The van der Waals surface area contributed by atoms with Gasteiger partial charge in [0.05, 0.1) is 5.52 Å². The minimum atomic E-state index is -0.0406. The standard InChI is InChI=1S/C14H16INO/c1-8-10(15)6-5-9-11(17)7-12(14(2,3)4)16-13(8)9/h5-7H,1-4H3,(H,16,17). The number of benzene rings is 1. The maximum Gasteiger partial charge on any atom is 0.189 e. The van der Waals surface area contributed by atoms with Crippen molar-refractivity contribution in [2.75, 3.05) is 0 Å². The van der Waals surface area contributed by atoms with Crippen LogP contribution in [0.1, 0.15) is 32.0 Å². The molecule has 0 atom stereocenters. The number of hydrogen-bond acceptors (Lipinski definition) is 1. The Morgan fingerprint density at radius 2 is 1.88 bits per heavy atom. The summed E-state index contributed by atoms with van der Waals surface area (Å²) >= 11 is 2.29. The number of rotatable bonds is 0. The zero-order valence-electron chi connectivity index (χ0n) is 10.5. The normalized spacial score (nSPS) is 12.1. The van der Waals surface area contributed by atoms with Gasteiger partial charge in [-0.05, 0) is 47.2 Å². The summed E-state index contributed by atoms with van der Waals surface area (Å²) in [6.07, 6.45) is 0. The topological polar surface area (TPSA) is 32.9 Å². The molecule has 17 heavy (non-hydrogen) atoms. The predicted octanol–water partition coefficient (Wildman–Crippen LogP) is 3.74. The third kappa shape index (κ3) is 2.25. The van der Waals surface area contributed by atoms with Crippen molar-refractivity contribution in [2.24, 2.45) is 0 Å². The van der Waals surface area contributed by atoms with Crippen LogP contribution in [0, 0.1) is 10.5 Å². The molecular formula is C14H16INO. The van der Waals surface area contributed by atoms with E-state index in [0.717, 1.165) is 22.2 Å². The summed E-state index contributed by atoms with van der Waals surface area (Å²) in [4.78, 5) is 15.5. The SMILES string of the molecule is Cc1c(I)ccc2c(=O)cc(C(C)(C)C)[nH]c12. The monoisotopic (exact) mass is 341 g/mol. The molecule has 2 aromatic rings. The lowest BCUT2D eigenvalue weighted by Crippen LogP contribution is -2.18. The largest absolute Gasteiger partial charge is 0.357 e. The lowest BCUT2D eigenvalue weighted by Gasteiger charge is -2.19. The first kappa shape index (κ1) is 12.6. The highest BCUT2D eigenvalue weighted by atomic mass is 127. The number of aryl methyl sites for hydroxylation is 1. The first-order chi connectivity index (χ1) is 7.80. The fourth-order valence-electron chi connectivity index (χ4n) is 1.84. The molecule has 2 nitrogen and oxygen atoms in total. The van der Waals surface area contributed by atoms with Crippen molar-refractivity contribution in [3.63, 3.8) is 0 Å². The number of aromatic nitrogens is 1. The Morgan fingerprint density at radius 1 is 1.24 bits per heavy atom. The van der Waals surface area contributed by atoms with Gasteiger partial charge in [0.1, 0.15) is 0 Å². The average Bonchev–Trinajstić information content (AvgIpc) is 2.22. The van der Waals surface area contributed by atoms with Crippen LogP contribution in [-0.4, -0.2) is 4.98 Å². The van der Waals surface area contributed by atoms with E-state index < -0.39 is 0 Å². The molecule has 1 N–H and O–H groups in total. The van der Waals surface area contributed by atoms with Crippen molar-refractivity contribution < 1.29 is 0 Å². The van der Waals surface area contributed by atoms with Crippen molar-refractivity contribution in [1.82, 2.24) is 4.98 Å². The quantitative estimate of drug-likeness (QED) is 0.728. The number of nitrogens with one attached hydrogen (secondary N) is 1. The van der Waals surface area contributed by atoms with Gasteiger partial charge in [-0.1, -0.05) is 20.8 Å². The van der Waals surface area contributed by atoms with Crippen LogP contribution in [0.4, 0.5) is 0 Å². The predicted molar refractivity (Wildman–Crippen MR) is 80.7 cm³/mol. The second kappa shape index (κ2) is 4.12. The average molecular weight is 341 g/mol. The molecule has 0 saturated carbocycles. The van der Waals surface area contributed by atoms with E-state index in [1.807, 2.05) is 19.1 Å². The third-order valence-corrected chi connectivity index (χ3v) is 4.18. The van der Waals surface area contributed by atoms with Gasteiger partial charge in [-0.15, -0.1) is 0 Å². The Kier molecular flexibility index (Phi) is 3.06. The molecule has 0 aliphatic heterocycles. The Balaban J connectivity index is 2.89. The van der Waals surface area contributed by atoms with E-state index in [1.54, 1.807) is 6.07 Å². The summed E-state index contributed by atoms with van der Waals surface area (Å²) in [7, 11) is 0. The summed E-state index contributed by atoms with van der Waals surface area (Å²) in [5, 5.41) is 0.774. The first-order valence-corrected chi connectivity index (χ1v) is 6.71. The lowest BCUT2D eigenvalue weighted by molar-refractivity contribution is 0.571. The Hall–Kier alpha value is -0.840. The van der Waals surface area contributed by atoms with Crippen LogP contribution in [0.3, 0.4) is 0 Å². The smallest absolute Gasteiger partial charge is 0.189 e. The van der Waals surface area contributed by atoms with Crippen molar-refractivity contribution in [3.05, 3.63) is 43.2 Å². The van der Waals surface area contributed by atoms with E-state index in [4.69, 9.17) is 0 Å². The molecule has 0 saturated heterocycles. The summed E-state index contributed by atoms with van der Waals surface area (Å²) in [5.74, 6) is 0. The molecule has 90 valence electrons. The Bertz CT molecular complexity index is 635. The summed E-state index contributed by atoms with van der Waals surface area (Å²) < 4.78 is 1.18. The molecular weight excluding hydrogens is 325 g/mol. The molecule has 0 bridgehead atoms. The molecule has 1 aromatic heterocycles. The second-order valence-electron chi connectivity index (χ2n) is 5.39. The highest BCUT2D eigenvalue weighted by Gasteiger charge is 2.17. The molecule has 3 heteroatoms. The number of fused-ring (bicyclic) bond motifs is 1. The molecule has 2 rings (SSSR count). The van der Waals surface area contributed by atoms with Gasteiger partial charge in [0.25, 0.3) is 0 Å². The van der Waals surface area contributed by atoms with Gasteiger partial charge in [0.2, 0.25) is 0 Å². The third-order valence-electron chi connectivity index (χ3n) is 3.01. The molecule has 0 aliphatic carbocycles. The number of halogens is 1. The summed E-state index contributed by atoms with van der Waals surface area (Å²) in [6.45, 7) is 8.36. The van der Waals surface area contributed by atoms with Gasteiger partial charge < -0.3 is 4.98 Å². The number of hydrogen-bond donors (Lipinski definition) is 1. The second-order valence-corrected chi connectivity index (χ2v) is 6.55. The molecule has 1 heterocycles. The van der Waals surface area contributed by atoms with Crippen molar-refractivity contribution in [2.45, 2.75) is 33.1 Å². The summed E-state index contributed by atoms with van der Waals surface area (Å²) in [6, 6.07) is 5.61. The fourth-order valence-corrected chi connectivity index (χ4v) is 2.29.